The average Bonchev–Trinajstić information content (AvgIpc) is 3.48. The van der Waals surface area contributed by atoms with Crippen LogP contribution < -0.4 is 5.32 Å². The largest absolute Gasteiger partial charge is 0.396 e. The highest BCUT2D eigenvalue weighted by Gasteiger charge is 2.20. The molecule has 7 nitrogen and oxygen atoms in total. The molecule has 0 unspecified atom stereocenters. The van der Waals surface area contributed by atoms with Crippen LogP contribution in [0.4, 0.5) is 37.7 Å². The molecule has 0 saturated heterocycles. The Morgan fingerprint density at radius 1 is 0.947 bits per heavy atom. The first-order valence-corrected chi connectivity index (χ1v) is 11.2. The van der Waals surface area contributed by atoms with E-state index in [1.54, 1.807) is 19.1 Å². The third kappa shape index (κ3) is 4.45. The van der Waals surface area contributed by atoms with Crippen molar-refractivity contribution in [3.63, 3.8) is 0 Å². The highest BCUT2D eigenvalue weighted by atomic mass is 19.3. The molecule has 0 saturated carbocycles. The second kappa shape index (κ2) is 9.82. The molecule has 0 aliphatic heterocycles. The zero-order valence-electron chi connectivity index (χ0n) is 19.6. The van der Waals surface area contributed by atoms with Gasteiger partial charge in [0.15, 0.2) is 23.3 Å². The number of nitrogens with zero attached hydrogens (tertiary/aromatic N) is 5. The maximum atomic E-state index is 14.7. The van der Waals surface area contributed by atoms with Crippen molar-refractivity contribution in [2.24, 2.45) is 0 Å². The summed E-state index contributed by atoms with van der Waals surface area (Å²) in [7, 11) is 0. The quantitative estimate of drug-likeness (QED) is 0.208. The topological polar surface area (TPSA) is 80.8 Å². The van der Waals surface area contributed by atoms with Gasteiger partial charge in [0.2, 0.25) is 0 Å². The third-order valence-corrected chi connectivity index (χ3v) is 5.84. The number of anilines is 2. The lowest BCUT2D eigenvalue weighted by Gasteiger charge is -2.13. The number of hydrogen-bond acceptors (Lipinski definition) is 5. The van der Waals surface area contributed by atoms with Gasteiger partial charge in [-0.1, -0.05) is 6.07 Å². The summed E-state index contributed by atoms with van der Waals surface area (Å²) in [4.78, 5) is 8.72. The Labute approximate surface area is 211 Å². The monoisotopic (exact) mass is 532 g/mol. The van der Waals surface area contributed by atoms with Gasteiger partial charge in [-0.25, -0.2) is 41.0 Å². The number of aryl methyl sites for hydroxylation is 1. The van der Waals surface area contributed by atoms with Gasteiger partial charge < -0.3 is 10.4 Å². The van der Waals surface area contributed by atoms with Crippen molar-refractivity contribution < 1.29 is 31.4 Å². The molecule has 0 amide bonds. The van der Waals surface area contributed by atoms with Crippen LogP contribution in [-0.4, -0.2) is 36.0 Å². The van der Waals surface area contributed by atoms with E-state index in [2.05, 4.69) is 20.4 Å². The molecule has 3 aromatic heterocycles. The van der Waals surface area contributed by atoms with Crippen LogP contribution in [-0.2, 0) is 6.42 Å². The molecule has 0 aliphatic carbocycles. The molecule has 196 valence electrons. The van der Waals surface area contributed by atoms with Crippen LogP contribution in [0.15, 0.2) is 48.8 Å². The molecule has 0 fully saturated rings. The smallest absolute Gasteiger partial charge is 0.282 e. The van der Waals surface area contributed by atoms with Crippen molar-refractivity contribution in [1.82, 2.24) is 24.3 Å². The number of rotatable bonds is 7. The highest BCUT2D eigenvalue weighted by Crippen LogP contribution is 2.30. The van der Waals surface area contributed by atoms with Gasteiger partial charge in [0.1, 0.15) is 23.7 Å². The summed E-state index contributed by atoms with van der Waals surface area (Å²) in [5.41, 5.74) is 0.286. The van der Waals surface area contributed by atoms with Crippen LogP contribution in [0.1, 0.15) is 23.4 Å². The van der Waals surface area contributed by atoms with Gasteiger partial charge in [0.05, 0.1) is 22.4 Å². The second-order valence-electron chi connectivity index (χ2n) is 8.33. The molecule has 0 atom stereocenters. The van der Waals surface area contributed by atoms with E-state index in [-0.39, 0.29) is 35.9 Å². The van der Waals surface area contributed by atoms with E-state index < -0.39 is 41.1 Å². The third-order valence-electron chi connectivity index (χ3n) is 5.84. The van der Waals surface area contributed by atoms with Gasteiger partial charge in [-0.3, -0.25) is 4.57 Å². The Balaban J connectivity index is 1.61. The lowest BCUT2D eigenvalue weighted by atomic mass is 10.2. The fourth-order valence-corrected chi connectivity index (χ4v) is 4.00. The normalized spacial score (nSPS) is 11.6. The molecule has 2 N–H and O–H groups in total. The van der Waals surface area contributed by atoms with Crippen molar-refractivity contribution in [3.8, 4) is 11.6 Å². The number of fused-ring (bicyclic) bond motifs is 1. The SMILES string of the molecule is Cc1cc(C(F)F)nn1-c1nc(-n2cnc3cc(F)c(Nc4ccc(F)c(F)c4F)cc32)ccc1CCO. The summed E-state index contributed by atoms with van der Waals surface area (Å²) in [5, 5.41) is 15.8. The number of hydrogen-bond donors (Lipinski definition) is 2. The van der Waals surface area contributed by atoms with Gasteiger partial charge in [-0.2, -0.15) is 5.10 Å². The maximum absolute atomic E-state index is 14.7. The number of pyridine rings is 1. The van der Waals surface area contributed by atoms with Gasteiger partial charge in [0, 0.05) is 18.4 Å². The summed E-state index contributed by atoms with van der Waals surface area (Å²) < 4.78 is 85.1. The molecule has 0 aliphatic rings. The average molecular weight is 532 g/mol. The van der Waals surface area contributed by atoms with Crippen LogP contribution in [0, 0.1) is 30.2 Å². The standard InChI is InChI=1S/C25H18F6N6O/c1-12-8-19(24(30)31)35-37(12)25-13(6-7-38)2-5-21(34-25)36-11-32-18-9-15(27)17(10-20(18)36)33-16-4-3-14(26)22(28)23(16)29/h2-5,8-11,24,33,38H,6-7H2,1H3. The van der Waals surface area contributed by atoms with Crippen LogP contribution in [0.5, 0.6) is 0 Å². The van der Waals surface area contributed by atoms with Crippen molar-refractivity contribution >= 4 is 22.4 Å². The predicted octanol–water partition coefficient (Wildman–Crippen LogP) is 5.69. The molecule has 2 aromatic carbocycles. The van der Waals surface area contributed by atoms with Gasteiger partial charge in [-0.15, -0.1) is 0 Å². The first-order valence-electron chi connectivity index (χ1n) is 11.2. The number of benzene rings is 2. The Morgan fingerprint density at radius 2 is 1.74 bits per heavy atom. The van der Waals surface area contributed by atoms with Crippen LogP contribution in [0.3, 0.4) is 0 Å². The maximum Gasteiger partial charge on any atom is 0.282 e. The fourth-order valence-electron chi connectivity index (χ4n) is 4.00. The molecule has 0 radical (unpaired) electrons. The molecule has 5 rings (SSSR count). The van der Waals surface area contributed by atoms with Crippen molar-refractivity contribution in [3.05, 3.63) is 89.0 Å². The molecule has 0 spiro atoms. The number of alkyl halides is 2. The Bertz CT molecular complexity index is 1660. The van der Waals surface area contributed by atoms with Crippen molar-refractivity contribution in [2.45, 2.75) is 19.8 Å². The molecule has 5 aromatic rings. The number of nitrogens with one attached hydrogen (secondary N) is 1. The molecule has 38 heavy (non-hydrogen) atoms. The summed E-state index contributed by atoms with van der Waals surface area (Å²) >= 11 is 0. The molecular weight excluding hydrogens is 514 g/mol. The first kappa shape index (κ1) is 25.3. The van der Waals surface area contributed by atoms with E-state index in [0.29, 0.717) is 22.8 Å². The van der Waals surface area contributed by atoms with E-state index in [4.69, 9.17) is 0 Å². The van der Waals surface area contributed by atoms with Crippen molar-refractivity contribution in [2.75, 3.05) is 11.9 Å². The molecule has 3 heterocycles. The number of aliphatic hydroxyl groups is 1. The van der Waals surface area contributed by atoms with Gasteiger partial charge in [0.25, 0.3) is 6.43 Å². The minimum atomic E-state index is -2.79. The molecular formula is C25H18F6N6O. The summed E-state index contributed by atoms with van der Waals surface area (Å²) in [5.74, 6) is -4.97. The number of halogens is 6. The summed E-state index contributed by atoms with van der Waals surface area (Å²) in [6.07, 6.45) is -1.27. The van der Waals surface area contributed by atoms with Crippen LogP contribution in [0.25, 0.3) is 22.7 Å². The van der Waals surface area contributed by atoms with Gasteiger partial charge in [-0.05, 0) is 49.2 Å². The van der Waals surface area contributed by atoms with E-state index in [1.165, 1.54) is 27.7 Å². The Morgan fingerprint density at radius 3 is 2.45 bits per heavy atom. The van der Waals surface area contributed by atoms with E-state index in [9.17, 15) is 31.4 Å². The summed E-state index contributed by atoms with van der Waals surface area (Å²) in [6.45, 7) is 1.36. The number of aliphatic hydroxyl groups excluding tert-OH is 1. The van der Waals surface area contributed by atoms with Crippen LogP contribution in [0.2, 0.25) is 0 Å². The van der Waals surface area contributed by atoms with E-state index in [1.807, 2.05) is 0 Å². The zero-order valence-corrected chi connectivity index (χ0v) is 19.6. The Kier molecular flexibility index (Phi) is 6.53. The number of imidazole rings is 1. The molecule has 13 heteroatoms. The lowest BCUT2D eigenvalue weighted by molar-refractivity contribution is 0.145. The van der Waals surface area contributed by atoms with Gasteiger partial charge >= 0.3 is 0 Å². The highest BCUT2D eigenvalue weighted by molar-refractivity contribution is 5.82. The summed E-state index contributed by atoms with van der Waals surface area (Å²) in [6, 6.07) is 8.46. The first-order chi connectivity index (χ1) is 18.2. The minimum absolute atomic E-state index is 0.176. The van der Waals surface area contributed by atoms with E-state index >= 15 is 0 Å². The lowest BCUT2D eigenvalue weighted by Crippen LogP contribution is -2.10. The predicted molar refractivity (Wildman–Crippen MR) is 126 cm³/mol. The van der Waals surface area contributed by atoms with Crippen molar-refractivity contribution in [1.29, 1.82) is 0 Å². The number of aromatic nitrogens is 5. The van der Waals surface area contributed by atoms with E-state index in [0.717, 1.165) is 12.1 Å². The zero-order chi connectivity index (χ0) is 27.1. The second-order valence-corrected chi connectivity index (χ2v) is 8.33. The Hall–Kier alpha value is -4.39. The van der Waals surface area contributed by atoms with Crippen LogP contribution >= 0.6 is 0 Å². The fraction of sp³-hybridized carbons (Fsp3) is 0.160. The minimum Gasteiger partial charge on any atom is -0.396 e. The molecule has 0 bridgehead atoms.